The zero-order valence-corrected chi connectivity index (χ0v) is 27.3. The molecule has 50 heavy (non-hydrogen) atoms. The zero-order chi connectivity index (χ0) is 32.8. The molecule has 0 saturated carbocycles. The standard InChI is InChI=1S/C50H30/c1-2-14-31(15-3-1)47-41-24-12-13-25-42(41)48(46-29-33-17-5-4-16-32(33)28-45(46)47)34-26-27-43-44(30-34)37-20-8-11-23-40(37)49-38-21-9-6-18-35(38)36-19-7-10-22-39(36)50(43)49/h1-30H. The predicted octanol–water partition coefficient (Wildman–Crippen LogP) is 14.2. The summed E-state index contributed by atoms with van der Waals surface area (Å²) in [6.45, 7) is 0. The third-order valence-corrected chi connectivity index (χ3v) is 10.9. The third-order valence-electron chi connectivity index (χ3n) is 10.9. The van der Waals surface area contributed by atoms with Crippen LogP contribution in [0.25, 0.3) is 108 Å². The first-order chi connectivity index (χ1) is 24.8. The number of fused-ring (bicyclic) bond motifs is 14. The van der Waals surface area contributed by atoms with Crippen molar-refractivity contribution in [1.29, 1.82) is 0 Å². The van der Waals surface area contributed by atoms with Gasteiger partial charge in [-0.3, -0.25) is 0 Å². The van der Waals surface area contributed by atoms with Crippen molar-refractivity contribution in [2.75, 3.05) is 0 Å². The number of hydrogen-bond acceptors (Lipinski definition) is 0. The summed E-state index contributed by atoms with van der Waals surface area (Å²) in [4.78, 5) is 0. The van der Waals surface area contributed by atoms with Crippen LogP contribution in [0.3, 0.4) is 0 Å². The highest BCUT2D eigenvalue weighted by Crippen LogP contribution is 2.48. The molecule has 0 amide bonds. The second-order valence-electron chi connectivity index (χ2n) is 13.6. The van der Waals surface area contributed by atoms with Crippen LogP contribution < -0.4 is 0 Å². The predicted molar refractivity (Wildman–Crippen MR) is 217 cm³/mol. The maximum Gasteiger partial charge on any atom is -0.00139 e. The van der Waals surface area contributed by atoms with Gasteiger partial charge in [-0.1, -0.05) is 164 Å². The van der Waals surface area contributed by atoms with E-state index < -0.39 is 0 Å². The molecule has 11 rings (SSSR count). The van der Waals surface area contributed by atoms with E-state index in [0.29, 0.717) is 0 Å². The van der Waals surface area contributed by atoms with E-state index in [1.807, 2.05) is 0 Å². The molecular formula is C50H30. The summed E-state index contributed by atoms with van der Waals surface area (Å²) < 4.78 is 0. The van der Waals surface area contributed by atoms with Gasteiger partial charge in [-0.2, -0.15) is 0 Å². The number of rotatable bonds is 2. The molecule has 0 fully saturated rings. The first-order valence-corrected chi connectivity index (χ1v) is 17.4. The van der Waals surface area contributed by atoms with Crippen molar-refractivity contribution < 1.29 is 0 Å². The van der Waals surface area contributed by atoms with E-state index in [1.54, 1.807) is 0 Å². The average Bonchev–Trinajstić information content (AvgIpc) is 3.19. The highest BCUT2D eigenvalue weighted by atomic mass is 14.2. The van der Waals surface area contributed by atoms with E-state index in [-0.39, 0.29) is 0 Å². The first-order valence-electron chi connectivity index (χ1n) is 17.4. The largest absolute Gasteiger partial charge is 0.0622 e. The van der Waals surface area contributed by atoms with Crippen LogP contribution in [0.1, 0.15) is 0 Å². The Balaban J connectivity index is 1.33. The van der Waals surface area contributed by atoms with Crippen molar-refractivity contribution in [1.82, 2.24) is 0 Å². The second kappa shape index (κ2) is 10.5. The molecule has 0 unspecified atom stereocenters. The molecule has 0 aliphatic rings. The topological polar surface area (TPSA) is 0 Å². The van der Waals surface area contributed by atoms with Gasteiger partial charge in [-0.15, -0.1) is 0 Å². The van der Waals surface area contributed by atoms with Crippen LogP contribution in [0.2, 0.25) is 0 Å². The normalized spacial score (nSPS) is 12.0. The summed E-state index contributed by atoms with van der Waals surface area (Å²) in [5.74, 6) is 0. The minimum Gasteiger partial charge on any atom is -0.0622 e. The van der Waals surface area contributed by atoms with Crippen molar-refractivity contribution in [3.05, 3.63) is 182 Å². The highest BCUT2D eigenvalue weighted by Gasteiger charge is 2.20. The molecule has 0 radical (unpaired) electrons. The Kier molecular flexibility index (Phi) is 5.76. The monoisotopic (exact) mass is 630 g/mol. The van der Waals surface area contributed by atoms with Gasteiger partial charge in [0, 0.05) is 0 Å². The molecule has 0 nitrogen and oxygen atoms in total. The zero-order valence-electron chi connectivity index (χ0n) is 27.3. The quantitative estimate of drug-likeness (QED) is 0.132. The van der Waals surface area contributed by atoms with Gasteiger partial charge in [0.2, 0.25) is 0 Å². The molecule has 0 heteroatoms. The highest BCUT2D eigenvalue weighted by molar-refractivity contribution is 6.39. The van der Waals surface area contributed by atoms with Crippen LogP contribution in [0, 0.1) is 0 Å². The average molecular weight is 631 g/mol. The van der Waals surface area contributed by atoms with Gasteiger partial charge in [0.25, 0.3) is 0 Å². The summed E-state index contributed by atoms with van der Waals surface area (Å²) in [6.07, 6.45) is 0. The van der Waals surface area contributed by atoms with E-state index in [2.05, 4.69) is 182 Å². The van der Waals surface area contributed by atoms with Crippen molar-refractivity contribution >= 4 is 86.2 Å². The molecule has 0 spiro atoms. The Hall–Kier alpha value is -6.50. The van der Waals surface area contributed by atoms with Gasteiger partial charge in [0.1, 0.15) is 0 Å². The molecule has 11 aromatic rings. The Morgan fingerprint density at radius 3 is 1.10 bits per heavy atom. The maximum atomic E-state index is 2.47. The lowest BCUT2D eigenvalue weighted by molar-refractivity contribution is 1.67. The van der Waals surface area contributed by atoms with Crippen LogP contribution in [0.5, 0.6) is 0 Å². The third kappa shape index (κ3) is 3.82. The molecule has 11 aromatic carbocycles. The Morgan fingerprint density at radius 1 is 0.200 bits per heavy atom. The molecule has 0 atom stereocenters. The van der Waals surface area contributed by atoms with Gasteiger partial charge in [-0.05, 0) is 127 Å². The van der Waals surface area contributed by atoms with Crippen molar-refractivity contribution in [3.63, 3.8) is 0 Å². The molecule has 0 aliphatic carbocycles. The Morgan fingerprint density at radius 2 is 0.580 bits per heavy atom. The van der Waals surface area contributed by atoms with Gasteiger partial charge in [0.15, 0.2) is 0 Å². The number of benzene rings is 11. The van der Waals surface area contributed by atoms with E-state index in [4.69, 9.17) is 0 Å². The molecule has 0 aromatic heterocycles. The molecule has 230 valence electrons. The van der Waals surface area contributed by atoms with E-state index in [0.717, 1.165) is 0 Å². The Bertz CT molecular complexity index is 3190. The van der Waals surface area contributed by atoms with Gasteiger partial charge in [-0.25, -0.2) is 0 Å². The fourth-order valence-electron chi connectivity index (χ4n) is 8.87. The first kappa shape index (κ1) is 27.5. The SMILES string of the molecule is c1ccc(-c2c3ccccc3c(-c3ccc4c(c3)c3ccccc3c3c5ccccc5c5ccccc5c43)c3cc4ccccc4cc23)cc1. The molecule has 0 N–H and O–H groups in total. The molecule has 0 heterocycles. The lowest BCUT2D eigenvalue weighted by atomic mass is 9.83. The number of hydrogen-bond donors (Lipinski definition) is 0. The van der Waals surface area contributed by atoms with Crippen LogP contribution in [0.15, 0.2) is 182 Å². The van der Waals surface area contributed by atoms with Gasteiger partial charge >= 0.3 is 0 Å². The fraction of sp³-hybridized carbons (Fsp3) is 0. The lowest BCUT2D eigenvalue weighted by Gasteiger charge is -2.20. The van der Waals surface area contributed by atoms with Crippen LogP contribution in [-0.2, 0) is 0 Å². The van der Waals surface area contributed by atoms with Crippen molar-refractivity contribution in [2.24, 2.45) is 0 Å². The van der Waals surface area contributed by atoms with Crippen molar-refractivity contribution in [3.8, 4) is 22.3 Å². The second-order valence-corrected chi connectivity index (χ2v) is 13.6. The molecular weight excluding hydrogens is 601 g/mol. The van der Waals surface area contributed by atoms with Gasteiger partial charge < -0.3 is 0 Å². The van der Waals surface area contributed by atoms with E-state index in [9.17, 15) is 0 Å². The summed E-state index contributed by atoms with van der Waals surface area (Å²) in [6, 6.07) is 67.6. The molecule has 0 bridgehead atoms. The summed E-state index contributed by atoms with van der Waals surface area (Å²) in [7, 11) is 0. The van der Waals surface area contributed by atoms with Crippen molar-refractivity contribution in [2.45, 2.75) is 0 Å². The smallest absolute Gasteiger partial charge is 0.00139 e. The van der Waals surface area contributed by atoms with Crippen LogP contribution in [-0.4, -0.2) is 0 Å². The van der Waals surface area contributed by atoms with E-state index >= 15 is 0 Å². The van der Waals surface area contributed by atoms with Gasteiger partial charge in [0.05, 0.1) is 0 Å². The van der Waals surface area contributed by atoms with E-state index in [1.165, 1.54) is 108 Å². The summed E-state index contributed by atoms with van der Waals surface area (Å²) in [5.41, 5.74) is 5.06. The van der Waals surface area contributed by atoms with Crippen LogP contribution in [0.4, 0.5) is 0 Å². The fourth-order valence-corrected chi connectivity index (χ4v) is 8.87. The summed E-state index contributed by atoms with van der Waals surface area (Å²) in [5, 5.41) is 20.7. The minimum absolute atomic E-state index is 1.24. The molecule has 0 saturated heterocycles. The maximum absolute atomic E-state index is 2.47. The van der Waals surface area contributed by atoms with Crippen LogP contribution >= 0.6 is 0 Å². The lowest BCUT2D eigenvalue weighted by Crippen LogP contribution is -1.92. The summed E-state index contributed by atoms with van der Waals surface area (Å²) >= 11 is 0. The molecule has 0 aliphatic heterocycles. The minimum atomic E-state index is 1.24. The Labute approximate surface area is 289 Å².